The van der Waals surface area contributed by atoms with E-state index < -0.39 is 12.0 Å². The predicted octanol–water partition coefficient (Wildman–Crippen LogP) is 4.76. The van der Waals surface area contributed by atoms with Gasteiger partial charge in [-0.05, 0) is 61.8 Å². The number of aliphatic hydroxyl groups excluding tert-OH is 1. The summed E-state index contributed by atoms with van der Waals surface area (Å²) in [6.45, 7) is 8.40. The van der Waals surface area contributed by atoms with Crippen LogP contribution in [0.3, 0.4) is 0 Å². The zero-order chi connectivity index (χ0) is 30.2. The summed E-state index contributed by atoms with van der Waals surface area (Å²) in [7, 11) is 0. The second kappa shape index (κ2) is 17.8. The fourth-order valence-corrected chi connectivity index (χ4v) is 5.08. The van der Waals surface area contributed by atoms with Crippen LogP contribution in [-0.2, 0) is 32.1 Å². The number of likely N-dealkylation sites (tertiary alicyclic amines) is 1. The van der Waals surface area contributed by atoms with E-state index in [9.17, 15) is 19.5 Å². The summed E-state index contributed by atoms with van der Waals surface area (Å²) in [4.78, 5) is 40.2. The first-order valence-corrected chi connectivity index (χ1v) is 14.8. The van der Waals surface area contributed by atoms with Crippen LogP contribution in [0.2, 0.25) is 0 Å². The van der Waals surface area contributed by atoms with E-state index in [2.05, 4.69) is 18.5 Å². The van der Waals surface area contributed by atoms with Crippen LogP contribution in [0.25, 0.3) is 0 Å². The number of unbranched alkanes of at least 4 members (excludes halogenated alkanes) is 1. The largest absolute Gasteiger partial charge is 0.489 e. The van der Waals surface area contributed by atoms with E-state index in [1.165, 1.54) is 0 Å². The fourth-order valence-electron chi connectivity index (χ4n) is 5.08. The Bertz CT molecular complexity index is 1150. The third kappa shape index (κ3) is 10.8. The summed E-state index contributed by atoms with van der Waals surface area (Å²) in [6, 6.07) is 16.8. The topological polar surface area (TPSA) is 105 Å². The van der Waals surface area contributed by atoms with Crippen molar-refractivity contribution in [2.45, 2.75) is 70.1 Å². The van der Waals surface area contributed by atoms with Gasteiger partial charge in [0.1, 0.15) is 19.0 Å². The van der Waals surface area contributed by atoms with Gasteiger partial charge in [-0.25, -0.2) is 0 Å². The normalized spacial score (nSPS) is 15.8. The molecule has 1 heterocycles. The Labute approximate surface area is 249 Å². The molecule has 1 saturated heterocycles. The summed E-state index contributed by atoms with van der Waals surface area (Å²) in [5, 5.41) is 12.8. The summed E-state index contributed by atoms with van der Waals surface area (Å²) < 4.78 is 11.3. The monoisotopic (exact) mass is 576 g/mol. The lowest BCUT2D eigenvalue weighted by Gasteiger charge is -2.28. The van der Waals surface area contributed by atoms with Crippen molar-refractivity contribution < 1.29 is 29.0 Å². The minimum atomic E-state index is -0.577. The number of nitrogens with one attached hydrogen (secondary N) is 1. The molecule has 2 aromatic carbocycles. The maximum Gasteiger partial charge on any atom is 0.305 e. The number of hydrogen-bond donors (Lipinski definition) is 2. The van der Waals surface area contributed by atoms with Gasteiger partial charge in [0.2, 0.25) is 11.8 Å². The molecular formula is C34H44N2O6. The first-order chi connectivity index (χ1) is 20.4. The average molecular weight is 577 g/mol. The summed E-state index contributed by atoms with van der Waals surface area (Å²) >= 11 is 0. The van der Waals surface area contributed by atoms with Gasteiger partial charge >= 0.3 is 5.97 Å². The van der Waals surface area contributed by atoms with Crippen LogP contribution >= 0.6 is 0 Å². The highest BCUT2D eigenvalue weighted by Crippen LogP contribution is 2.24. The number of ether oxygens (including phenoxy) is 2. The second-order valence-electron chi connectivity index (χ2n) is 10.7. The molecule has 0 bridgehead atoms. The molecular weight excluding hydrogens is 532 g/mol. The molecule has 226 valence electrons. The molecule has 0 saturated carbocycles. The minimum Gasteiger partial charge on any atom is -0.489 e. The maximum atomic E-state index is 13.4. The molecule has 2 amide bonds. The number of carbonyl (C=O) groups is 3. The molecule has 2 N–H and O–H groups in total. The van der Waals surface area contributed by atoms with Crippen LogP contribution in [0.5, 0.6) is 5.75 Å². The first kappa shape index (κ1) is 32.6. The number of benzene rings is 2. The van der Waals surface area contributed by atoms with E-state index >= 15 is 0 Å². The van der Waals surface area contributed by atoms with Gasteiger partial charge in [0.15, 0.2) is 0 Å². The van der Waals surface area contributed by atoms with E-state index in [1.54, 1.807) is 17.1 Å². The van der Waals surface area contributed by atoms with Gasteiger partial charge in [0, 0.05) is 19.4 Å². The number of amides is 2. The Kier molecular flexibility index (Phi) is 13.8. The van der Waals surface area contributed by atoms with Crippen molar-refractivity contribution in [1.82, 2.24) is 10.2 Å². The first-order valence-electron chi connectivity index (χ1n) is 14.8. The Morgan fingerprint density at radius 3 is 2.50 bits per heavy atom. The molecule has 8 heteroatoms. The van der Waals surface area contributed by atoms with Crippen molar-refractivity contribution >= 4 is 17.8 Å². The predicted molar refractivity (Wildman–Crippen MR) is 163 cm³/mol. The van der Waals surface area contributed by atoms with Gasteiger partial charge < -0.3 is 24.8 Å². The van der Waals surface area contributed by atoms with Gasteiger partial charge in [0.05, 0.1) is 24.6 Å². The molecule has 3 rings (SSSR count). The molecule has 1 fully saturated rings. The van der Waals surface area contributed by atoms with Crippen molar-refractivity contribution in [2.24, 2.45) is 5.92 Å². The lowest BCUT2D eigenvalue weighted by molar-refractivity contribution is -0.148. The van der Waals surface area contributed by atoms with E-state index in [4.69, 9.17) is 9.47 Å². The molecule has 0 aromatic heterocycles. The Morgan fingerprint density at radius 2 is 1.81 bits per heavy atom. The van der Waals surface area contributed by atoms with E-state index in [0.717, 1.165) is 36.1 Å². The molecule has 1 aliphatic rings. The highest BCUT2D eigenvalue weighted by Gasteiger charge is 2.34. The molecule has 8 nitrogen and oxygen atoms in total. The summed E-state index contributed by atoms with van der Waals surface area (Å²) in [5.74, 6) is -0.557. The van der Waals surface area contributed by atoms with Crippen molar-refractivity contribution in [3.05, 3.63) is 91.0 Å². The van der Waals surface area contributed by atoms with Crippen LogP contribution in [0.1, 0.15) is 56.1 Å². The number of rotatable bonds is 18. The van der Waals surface area contributed by atoms with Gasteiger partial charge in [-0.1, -0.05) is 54.6 Å². The fraction of sp³-hybridized carbons (Fsp3) is 0.441. The number of esters is 1. The lowest BCUT2D eigenvalue weighted by atomic mass is 9.98. The highest BCUT2D eigenvalue weighted by atomic mass is 16.5. The Hall–Kier alpha value is -3.91. The molecule has 42 heavy (non-hydrogen) atoms. The zero-order valence-corrected chi connectivity index (χ0v) is 24.4. The van der Waals surface area contributed by atoms with Crippen LogP contribution < -0.4 is 10.1 Å². The van der Waals surface area contributed by atoms with E-state index in [-0.39, 0.29) is 43.5 Å². The molecule has 0 unspecified atom stereocenters. The van der Waals surface area contributed by atoms with Gasteiger partial charge in [-0.3, -0.25) is 14.4 Å². The van der Waals surface area contributed by atoms with Gasteiger partial charge in [-0.15, -0.1) is 13.2 Å². The van der Waals surface area contributed by atoms with Crippen LogP contribution in [0, 0.1) is 5.92 Å². The number of aliphatic hydroxyl groups is 1. The van der Waals surface area contributed by atoms with E-state index in [0.29, 0.717) is 38.8 Å². The van der Waals surface area contributed by atoms with Crippen molar-refractivity contribution in [2.75, 3.05) is 19.8 Å². The number of allylic oxidation sites excluding steroid dienone is 2. The van der Waals surface area contributed by atoms with Crippen LogP contribution in [0.4, 0.5) is 0 Å². The lowest BCUT2D eigenvalue weighted by Crippen LogP contribution is -2.45. The number of carbonyl (C=O) groups excluding carboxylic acids is 3. The third-order valence-corrected chi connectivity index (χ3v) is 7.36. The Morgan fingerprint density at radius 1 is 1.05 bits per heavy atom. The number of hydrogen-bond acceptors (Lipinski definition) is 6. The molecule has 0 spiro atoms. The van der Waals surface area contributed by atoms with Crippen LogP contribution in [0.15, 0.2) is 79.9 Å². The van der Waals surface area contributed by atoms with Crippen molar-refractivity contribution in [3.8, 4) is 5.75 Å². The zero-order valence-electron chi connectivity index (χ0n) is 24.4. The molecule has 2 aromatic rings. The van der Waals surface area contributed by atoms with Gasteiger partial charge in [-0.2, -0.15) is 0 Å². The quantitative estimate of drug-likeness (QED) is 0.151. The molecule has 3 atom stereocenters. The maximum absolute atomic E-state index is 13.4. The third-order valence-electron chi connectivity index (χ3n) is 7.36. The molecule has 0 aliphatic carbocycles. The van der Waals surface area contributed by atoms with Crippen LogP contribution in [-0.4, -0.2) is 59.6 Å². The van der Waals surface area contributed by atoms with Crippen molar-refractivity contribution in [3.63, 3.8) is 0 Å². The number of nitrogens with zero attached hydrogens (tertiary/aromatic N) is 1. The minimum absolute atomic E-state index is 0.0157. The van der Waals surface area contributed by atoms with Gasteiger partial charge in [0.25, 0.3) is 0 Å². The SMILES string of the molecule is C=CCCCC(=O)OC[C@@H]1CCCN1C(=O)[C@@H](CC=C)CC(=O)N[C@H](CO)Cc1ccc(OCc2ccccc2)cc1. The van der Waals surface area contributed by atoms with Crippen molar-refractivity contribution in [1.29, 1.82) is 0 Å². The molecule has 0 radical (unpaired) electrons. The summed E-state index contributed by atoms with van der Waals surface area (Å²) in [5.41, 5.74) is 2.02. The smallest absolute Gasteiger partial charge is 0.305 e. The molecule has 1 aliphatic heterocycles. The Balaban J connectivity index is 1.49. The second-order valence-corrected chi connectivity index (χ2v) is 10.7. The summed E-state index contributed by atoms with van der Waals surface area (Å²) in [6.07, 6.45) is 7.52. The standard InChI is InChI=1S/C34H44N2O6/c1-3-5-7-15-33(39)42-25-30-14-10-20-36(30)34(40)28(11-4-2)22-32(38)35-29(23-37)21-26-16-18-31(19-17-26)41-24-27-12-8-6-9-13-27/h3-4,6,8-9,12-13,16-19,28-30,37H,1-2,5,7,10-11,14-15,20-25H2,(H,35,38)/t28-,29-,30-/m0/s1. The average Bonchev–Trinajstić information content (AvgIpc) is 3.48. The highest BCUT2D eigenvalue weighted by molar-refractivity contribution is 5.86. The van der Waals surface area contributed by atoms with E-state index in [1.807, 2.05) is 54.6 Å².